The fourth-order valence-electron chi connectivity index (χ4n) is 3.03. The van der Waals surface area contributed by atoms with Crippen molar-refractivity contribution >= 4 is 23.5 Å². The van der Waals surface area contributed by atoms with E-state index in [2.05, 4.69) is 46.7 Å². The van der Waals surface area contributed by atoms with Crippen LogP contribution in [0.3, 0.4) is 0 Å². The molecule has 0 saturated carbocycles. The van der Waals surface area contributed by atoms with Gasteiger partial charge in [0.25, 0.3) is 5.91 Å². The number of aromatic nitrogens is 1. The van der Waals surface area contributed by atoms with Gasteiger partial charge in [0, 0.05) is 5.56 Å². The lowest BCUT2D eigenvalue weighted by Gasteiger charge is -2.06. The molecule has 3 aromatic carbocycles. The van der Waals surface area contributed by atoms with Gasteiger partial charge in [-0.1, -0.05) is 60.2 Å². The Morgan fingerprint density at radius 2 is 1.72 bits per heavy atom. The van der Waals surface area contributed by atoms with Crippen LogP contribution in [0.5, 0.6) is 5.75 Å². The molecule has 4 aromatic rings. The van der Waals surface area contributed by atoms with E-state index in [0.29, 0.717) is 17.2 Å². The summed E-state index contributed by atoms with van der Waals surface area (Å²) in [5.41, 5.74) is 7.48. The van der Waals surface area contributed by atoms with Crippen molar-refractivity contribution < 1.29 is 9.53 Å². The van der Waals surface area contributed by atoms with Crippen molar-refractivity contribution in [1.29, 1.82) is 0 Å². The highest BCUT2D eigenvalue weighted by atomic mass is 32.1. The second-order valence-electron chi connectivity index (χ2n) is 7.34. The van der Waals surface area contributed by atoms with Crippen LogP contribution in [0.25, 0.3) is 10.6 Å². The van der Waals surface area contributed by atoms with Gasteiger partial charge in [0.15, 0.2) is 0 Å². The summed E-state index contributed by atoms with van der Waals surface area (Å²) in [6.45, 7) is 4.41. The topological polar surface area (TPSA) is 63.6 Å². The smallest absolute Gasteiger partial charge is 0.283 e. The number of amides is 1. The number of nitrogens with one attached hydrogen (secondary N) is 1. The standard InChI is InChI=1S/C26H23N3O2S/c1-18-8-10-21(11-9-18)17-31-23-14-12-20(13-15-23)16-27-29-25(30)24-19(2)28-26(32-24)22-6-4-3-5-7-22/h3-16H,17H2,1-2H3,(H,29,30)/b27-16+. The molecule has 1 N–H and O–H groups in total. The van der Waals surface area contributed by atoms with Gasteiger partial charge in [-0.25, -0.2) is 10.4 Å². The molecule has 0 fully saturated rings. The fourth-order valence-corrected chi connectivity index (χ4v) is 3.99. The number of hydrogen-bond acceptors (Lipinski definition) is 5. The van der Waals surface area contributed by atoms with Gasteiger partial charge in [-0.15, -0.1) is 11.3 Å². The monoisotopic (exact) mass is 441 g/mol. The Morgan fingerprint density at radius 3 is 2.44 bits per heavy atom. The lowest BCUT2D eigenvalue weighted by atomic mass is 10.2. The van der Waals surface area contributed by atoms with Gasteiger partial charge in [-0.2, -0.15) is 5.10 Å². The van der Waals surface area contributed by atoms with E-state index in [9.17, 15) is 4.79 Å². The van der Waals surface area contributed by atoms with Crippen molar-refractivity contribution in [2.45, 2.75) is 20.5 Å². The number of thiazole rings is 1. The van der Waals surface area contributed by atoms with Crippen molar-refractivity contribution in [2.75, 3.05) is 0 Å². The van der Waals surface area contributed by atoms with Crippen molar-refractivity contribution in [1.82, 2.24) is 10.4 Å². The summed E-state index contributed by atoms with van der Waals surface area (Å²) in [4.78, 5) is 17.6. The van der Waals surface area contributed by atoms with Crippen molar-refractivity contribution in [3.63, 3.8) is 0 Å². The highest BCUT2D eigenvalue weighted by molar-refractivity contribution is 7.17. The van der Waals surface area contributed by atoms with Gasteiger partial charge in [0.2, 0.25) is 0 Å². The fraction of sp³-hybridized carbons (Fsp3) is 0.115. The zero-order chi connectivity index (χ0) is 22.3. The largest absolute Gasteiger partial charge is 0.489 e. The Bertz CT molecular complexity index is 1210. The lowest BCUT2D eigenvalue weighted by molar-refractivity contribution is 0.0958. The van der Waals surface area contributed by atoms with E-state index in [1.54, 1.807) is 6.21 Å². The summed E-state index contributed by atoms with van der Waals surface area (Å²) in [6.07, 6.45) is 1.61. The number of benzene rings is 3. The summed E-state index contributed by atoms with van der Waals surface area (Å²) in [5, 5.41) is 4.90. The Balaban J connectivity index is 1.32. The third kappa shape index (κ3) is 5.47. The minimum absolute atomic E-state index is 0.267. The van der Waals surface area contributed by atoms with Crippen molar-refractivity contribution in [3.05, 3.63) is 106 Å². The van der Waals surface area contributed by atoms with Crippen molar-refractivity contribution in [2.24, 2.45) is 5.10 Å². The molecule has 6 heteroatoms. The van der Waals surface area contributed by atoms with E-state index in [1.165, 1.54) is 16.9 Å². The quantitative estimate of drug-likeness (QED) is 0.292. The second-order valence-corrected chi connectivity index (χ2v) is 8.34. The average Bonchev–Trinajstić information content (AvgIpc) is 3.22. The lowest BCUT2D eigenvalue weighted by Crippen LogP contribution is -2.17. The first-order valence-corrected chi connectivity index (χ1v) is 11.0. The maximum Gasteiger partial charge on any atom is 0.283 e. The van der Waals surface area contributed by atoms with Crippen LogP contribution in [-0.2, 0) is 6.61 Å². The Labute approximate surface area is 191 Å². The first kappa shape index (κ1) is 21.5. The Hall–Kier alpha value is -3.77. The number of aryl methyl sites for hydroxylation is 2. The van der Waals surface area contributed by atoms with E-state index in [-0.39, 0.29) is 5.91 Å². The average molecular weight is 442 g/mol. The van der Waals surface area contributed by atoms with E-state index < -0.39 is 0 Å². The van der Waals surface area contributed by atoms with Gasteiger partial charge < -0.3 is 4.74 Å². The van der Waals surface area contributed by atoms with E-state index >= 15 is 0 Å². The number of ether oxygens (including phenoxy) is 1. The van der Waals surface area contributed by atoms with Crippen LogP contribution in [0, 0.1) is 13.8 Å². The van der Waals surface area contributed by atoms with Crippen LogP contribution in [0.1, 0.15) is 32.1 Å². The summed E-state index contributed by atoms with van der Waals surface area (Å²) < 4.78 is 5.82. The number of hydrazone groups is 1. The van der Waals surface area contributed by atoms with E-state index in [1.807, 2.05) is 61.5 Å². The number of carbonyl (C=O) groups excluding carboxylic acids is 1. The van der Waals surface area contributed by atoms with Crippen LogP contribution in [0.2, 0.25) is 0 Å². The van der Waals surface area contributed by atoms with Crippen LogP contribution in [0.15, 0.2) is 84.0 Å². The molecule has 0 saturated heterocycles. The molecule has 0 aliphatic rings. The molecule has 0 aliphatic carbocycles. The van der Waals surface area contributed by atoms with E-state index in [0.717, 1.165) is 27.4 Å². The van der Waals surface area contributed by atoms with Gasteiger partial charge in [0.1, 0.15) is 22.2 Å². The zero-order valence-electron chi connectivity index (χ0n) is 17.9. The second kappa shape index (κ2) is 10.0. The first-order valence-electron chi connectivity index (χ1n) is 10.2. The molecule has 0 bridgehead atoms. The molecule has 1 amide bonds. The Kier molecular flexibility index (Phi) is 6.72. The molecule has 0 aliphatic heterocycles. The summed E-state index contributed by atoms with van der Waals surface area (Å²) in [6, 6.07) is 25.6. The highest BCUT2D eigenvalue weighted by Gasteiger charge is 2.15. The van der Waals surface area contributed by atoms with E-state index in [4.69, 9.17) is 4.74 Å². The number of rotatable bonds is 7. The summed E-state index contributed by atoms with van der Waals surface area (Å²) >= 11 is 1.36. The van der Waals surface area contributed by atoms with Crippen LogP contribution < -0.4 is 10.2 Å². The van der Waals surface area contributed by atoms with Crippen LogP contribution in [-0.4, -0.2) is 17.1 Å². The van der Waals surface area contributed by atoms with Crippen LogP contribution >= 0.6 is 11.3 Å². The minimum atomic E-state index is -0.267. The van der Waals surface area contributed by atoms with Gasteiger partial charge in [0.05, 0.1) is 11.9 Å². The van der Waals surface area contributed by atoms with Crippen LogP contribution in [0.4, 0.5) is 0 Å². The zero-order valence-corrected chi connectivity index (χ0v) is 18.7. The molecule has 0 spiro atoms. The normalized spacial score (nSPS) is 10.9. The minimum Gasteiger partial charge on any atom is -0.489 e. The third-order valence-corrected chi connectivity index (χ3v) is 6.01. The highest BCUT2D eigenvalue weighted by Crippen LogP contribution is 2.27. The molecule has 32 heavy (non-hydrogen) atoms. The molecule has 4 rings (SSSR count). The summed E-state index contributed by atoms with van der Waals surface area (Å²) in [7, 11) is 0. The molecule has 1 aromatic heterocycles. The first-order chi connectivity index (χ1) is 15.6. The number of hydrogen-bond donors (Lipinski definition) is 1. The maximum atomic E-state index is 12.5. The molecule has 0 atom stereocenters. The molecule has 160 valence electrons. The predicted octanol–water partition coefficient (Wildman–Crippen LogP) is 5.77. The molecule has 5 nitrogen and oxygen atoms in total. The molecular weight excluding hydrogens is 418 g/mol. The van der Waals surface area contributed by atoms with Gasteiger partial charge in [-0.05, 0) is 49.2 Å². The van der Waals surface area contributed by atoms with Crippen molar-refractivity contribution in [3.8, 4) is 16.3 Å². The maximum absolute atomic E-state index is 12.5. The number of carbonyl (C=O) groups is 1. The third-order valence-electron chi connectivity index (χ3n) is 4.81. The van der Waals surface area contributed by atoms with Gasteiger partial charge >= 0.3 is 0 Å². The molecule has 0 unspecified atom stereocenters. The number of nitrogens with zero attached hydrogens (tertiary/aromatic N) is 2. The van der Waals surface area contributed by atoms with Gasteiger partial charge in [-0.3, -0.25) is 4.79 Å². The summed E-state index contributed by atoms with van der Waals surface area (Å²) in [5.74, 6) is 0.511. The molecule has 0 radical (unpaired) electrons. The molecular formula is C26H23N3O2S. The Morgan fingerprint density at radius 1 is 1.00 bits per heavy atom. The SMILES string of the molecule is Cc1ccc(COc2ccc(/C=N/NC(=O)c3sc(-c4ccccc4)nc3C)cc2)cc1. The molecule has 1 heterocycles. The predicted molar refractivity (Wildman–Crippen MR) is 129 cm³/mol.